The Morgan fingerprint density at radius 3 is 2.19 bits per heavy atom. The maximum absolute atomic E-state index is 13.1. The minimum absolute atomic E-state index is 0.149. The van der Waals surface area contributed by atoms with E-state index in [2.05, 4.69) is 10.1 Å². The predicted molar refractivity (Wildman–Crippen MR) is 93.9 cm³/mol. The van der Waals surface area contributed by atoms with E-state index in [4.69, 9.17) is 11.6 Å². The fourth-order valence-corrected chi connectivity index (χ4v) is 2.89. The van der Waals surface area contributed by atoms with Crippen LogP contribution in [0.25, 0.3) is 28.0 Å². The Balaban J connectivity index is 2.03. The van der Waals surface area contributed by atoms with Gasteiger partial charge < -0.3 is 0 Å². The van der Waals surface area contributed by atoms with Crippen LogP contribution in [0.1, 0.15) is 5.69 Å². The molecule has 4 rings (SSSR count). The van der Waals surface area contributed by atoms with Crippen LogP contribution in [0.3, 0.4) is 0 Å². The van der Waals surface area contributed by atoms with Crippen LogP contribution in [0, 0.1) is 0 Å². The SMILES string of the molecule is FC(F)(F)c1ccn2nc(-c3ccc(Cl)cc3)c(-c3ccccc3)c2n1. The molecule has 0 spiro atoms. The summed E-state index contributed by atoms with van der Waals surface area (Å²) in [6.45, 7) is 0. The molecular weight excluding hydrogens is 363 g/mol. The van der Waals surface area contributed by atoms with Gasteiger partial charge in [-0.2, -0.15) is 18.3 Å². The summed E-state index contributed by atoms with van der Waals surface area (Å²) >= 11 is 5.94. The molecule has 0 amide bonds. The molecule has 0 aliphatic carbocycles. The van der Waals surface area contributed by atoms with Crippen LogP contribution >= 0.6 is 11.6 Å². The van der Waals surface area contributed by atoms with E-state index < -0.39 is 11.9 Å². The zero-order chi connectivity index (χ0) is 18.3. The van der Waals surface area contributed by atoms with E-state index in [1.54, 1.807) is 24.3 Å². The Bertz CT molecular complexity index is 1070. The topological polar surface area (TPSA) is 30.2 Å². The lowest BCUT2D eigenvalue weighted by molar-refractivity contribution is -0.141. The van der Waals surface area contributed by atoms with E-state index >= 15 is 0 Å². The Kier molecular flexibility index (Phi) is 3.92. The predicted octanol–water partition coefficient (Wildman–Crippen LogP) is 5.74. The van der Waals surface area contributed by atoms with Crippen LogP contribution in [-0.2, 0) is 6.18 Å². The molecule has 4 aromatic rings. The first-order valence-corrected chi connectivity index (χ1v) is 8.09. The van der Waals surface area contributed by atoms with Crippen molar-refractivity contribution >= 4 is 17.2 Å². The molecule has 0 aliphatic rings. The number of nitrogens with zero attached hydrogens (tertiary/aromatic N) is 3. The normalized spacial score (nSPS) is 11.8. The summed E-state index contributed by atoms with van der Waals surface area (Å²) in [5, 5.41) is 5.02. The van der Waals surface area contributed by atoms with Crippen LogP contribution in [-0.4, -0.2) is 14.6 Å². The maximum atomic E-state index is 13.1. The summed E-state index contributed by atoms with van der Waals surface area (Å²) in [5.41, 5.74) is 1.76. The van der Waals surface area contributed by atoms with E-state index in [0.29, 0.717) is 16.3 Å². The van der Waals surface area contributed by atoms with Gasteiger partial charge in [-0.15, -0.1) is 0 Å². The second-order valence-electron chi connectivity index (χ2n) is 5.68. The lowest BCUT2D eigenvalue weighted by Crippen LogP contribution is -2.09. The standard InChI is InChI=1S/C19H11ClF3N3/c20-14-8-6-13(7-9-14)17-16(12-4-2-1-3-5-12)18-24-15(19(21,22)23)10-11-26(18)25-17/h1-11H. The lowest BCUT2D eigenvalue weighted by Gasteiger charge is -2.07. The second-order valence-corrected chi connectivity index (χ2v) is 6.11. The molecule has 2 aromatic carbocycles. The van der Waals surface area contributed by atoms with Crippen LogP contribution in [0.4, 0.5) is 13.2 Å². The van der Waals surface area contributed by atoms with Gasteiger partial charge in [0.15, 0.2) is 5.65 Å². The number of rotatable bonds is 2. The molecule has 3 nitrogen and oxygen atoms in total. The monoisotopic (exact) mass is 373 g/mol. The van der Waals surface area contributed by atoms with Gasteiger partial charge in [0.25, 0.3) is 0 Å². The van der Waals surface area contributed by atoms with Gasteiger partial charge in [-0.05, 0) is 23.8 Å². The number of hydrogen-bond acceptors (Lipinski definition) is 2. The molecule has 130 valence electrons. The molecule has 0 bridgehead atoms. The molecule has 0 fully saturated rings. The van der Waals surface area contributed by atoms with Crippen LogP contribution in [0.5, 0.6) is 0 Å². The van der Waals surface area contributed by atoms with Gasteiger partial charge in [0.2, 0.25) is 0 Å². The Hall–Kier alpha value is -2.86. The number of halogens is 4. The van der Waals surface area contributed by atoms with Gasteiger partial charge >= 0.3 is 6.18 Å². The van der Waals surface area contributed by atoms with Crippen molar-refractivity contribution in [2.45, 2.75) is 6.18 Å². The highest BCUT2D eigenvalue weighted by molar-refractivity contribution is 6.30. The molecule has 2 aromatic heterocycles. The van der Waals surface area contributed by atoms with Gasteiger partial charge in [0, 0.05) is 16.8 Å². The van der Waals surface area contributed by atoms with Crippen LogP contribution < -0.4 is 0 Å². The van der Waals surface area contributed by atoms with E-state index in [0.717, 1.165) is 17.2 Å². The molecule has 0 atom stereocenters. The third-order valence-electron chi connectivity index (χ3n) is 3.96. The number of benzene rings is 2. The van der Waals surface area contributed by atoms with E-state index in [1.807, 2.05) is 30.3 Å². The molecular formula is C19H11ClF3N3. The summed E-state index contributed by atoms with van der Waals surface area (Å²) in [7, 11) is 0. The van der Waals surface area contributed by atoms with Crippen LogP contribution in [0.15, 0.2) is 66.9 Å². The van der Waals surface area contributed by atoms with Gasteiger partial charge in [-0.1, -0.05) is 54.1 Å². The lowest BCUT2D eigenvalue weighted by atomic mass is 10.0. The van der Waals surface area contributed by atoms with Crippen molar-refractivity contribution in [1.29, 1.82) is 0 Å². The maximum Gasteiger partial charge on any atom is 0.433 e. The van der Waals surface area contributed by atoms with Crippen molar-refractivity contribution in [3.63, 3.8) is 0 Å². The molecule has 0 unspecified atom stereocenters. The molecule has 0 aliphatic heterocycles. The van der Waals surface area contributed by atoms with Gasteiger partial charge in [0.05, 0.1) is 5.56 Å². The van der Waals surface area contributed by atoms with Crippen molar-refractivity contribution in [2.24, 2.45) is 0 Å². The van der Waals surface area contributed by atoms with Gasteiger partial charge in [-0.25, -0.2) is 9.50 Å². The minimum Gasteiger partial charge on any atom is -0.223 e. The summed E-state index contributed by atoms with van der Waals surface area (Å²) in [6, 6.07) is 17.0. The van der Waals surface area contributed by atoms with Crippen molar-refractivity contribution < 1.29 is 13.2 Å². The first-order valence-electron chi connectivity index (χ1n) is 7.71. The summed E-state index contributed by atoms with van der Waals surface area (Å²) in [5.74, 6) is 0. The smallest absolute Gasteiger partial charge is 0.223 e. The molecule has 0 radical (unpaired) electrons. The molecule has 0 saturated carbocycles. The quantitative estimate of drug-likeness (QED) is 0.449. The highest BCUT2D eigenvalue weighted by Crippen LogP contribution is 2.36. The van der Waals surface area contributed by atoms with Crippen molar-refractivity contribution in [1.82, 2.24) is 14.6 Å². The average Bonchev–Trinajstić information content (AvgIpc) is 3.01. The Labute approximate surface area is 151 Å². The summed E-state index contributed by atoms with van der Waals surface area (Å²) < 4.78 is 40.7. The minimum atomic E-state index is -4.53. The molecule has 7 heteroatoms. The third kappa shape index (κ3) is 2.93. The Morgan fingerprint density at radius 2 is 1.54 bits per heavy atom. The van der Waals surface area contributed by atoms with Crippen LogP contribution in [0.2, 0.25) is 5.02 Å². The van der Waals surface area contributed by atoms with E-state index in [1.165, 1.54) is 10.7 Å². The molecule has 2 heterocycles. The fraction of sp³-hybridized carbons (Fsp3) is 0.0526. The van der Waals surface area contributed by atoms with Crippen molar-refractivity contribution in [3.8, 4) is 22.4 Å². The van der Waals surface area contributed by atoms with Crippen molar-refractivity contribution in [3.05, 3.63) is 77.6 Å². The zero-order valence-corrected chi connectivity index (χ0v) is 14.0. The fourth-order valence-electron chi connectivity index (χ4n) is 2.77. The molecule has 0 N–H and O–H groups in total. The van der Waals surface area contributed by atoms with Gasteiger partial charge in [0.1, 0.15) is 11.4 Å². The zero-order valence-electron chi connectivity index (χ0n) is 13.2. The second kappa shape index (κ2) is 6.14. The summed E-state index contributed by atoms with van der Waals surface area (Å²) in [4.78, 5) is 3.84. The van der Waals surface area contributed by atoms with Gasteiger partial charge in [-0.3, -0.25) is 0 Å². The number of aromatic nitrogens is 3. The number of hydrogen-bond donors (Lipinski definition) is 0. The number of alkyl halides is 3. The van der Waals surface area contributed by atoms with Crippen molar-refractivity contribution in [2.75, 3.05) is 0 Å². The highest BCUT2D eigenvalue weighted by Gasteiger charge is 2.33. The highest BCUT2D eigenvalue weighted by atomic mass is 35.5. The van der Waals surface area contributed by atoms with E-state index in [9.17, 15) is 13.2 Å². The molecule has 0 saturated heterocycles. The van der Waals surface area contributed by atoms with E-state index in [-0.39, 0.29) is 5.65 Å². The largest absolute Gasteiger partial charge is 0.433 e. The molecule has 26 heavy (non-hydrogen) atoms. The average molecular weight is 374 g/mol. The third-order valence-corrected chi connectivity index (χ3v) is 4.21. The summed E-state index contributed by atoms with van der Waals surface area (Å²) in [6.07, 6.45) is -3.25. The first-order chi connectivity index (χ1) is 12.4. The number of fused-ring (bicyclic) bond motifs is 1. The Morgan fingerprint density at radius 1 is 0.846 bits per heavy atom. The first kappa shape index (κ1) is 16.6.